The number of hydrogen-bond donors (Lipinski definition) is 4. The van der Waals surface area contributed by atoms with Crippen LogP contribution in [0.15, 0.2) is 35.4 Å². The number of carbonyl (C=O) groups is 1. The molecule has 9 heteroatoms. The molecule has 1 atom stereocenters. The van der Waals surface area contributed by atoms with Gasteiger partial charge in [0.1, 0.15) is 0 Å². The maximum absolute atomic E-state index is 12.7. The highest BCUT2D eigenvalue weighted by atomic mass is 35.5. The fourth-order valence-corrected chi connectivity index (χ4v) is 3.98. The van der Waals surface area contributed by atoms with Gasteiger partial charge in [0.15, 0.2) is 0 Å². The molecule has 1 aliphatic rings. The maximum Gasteiger partial charge on any atom is 0.332 e. The Hall–Kier alpha value is -2.13. The number of nitrogens with one attached hydrogen (secondary N) is 1. The zero-order chi connectivity index (χ0) is 21.7. The van der Waals surface area contributed by atoms with Crippen LogP contribution in [-0.4, -0.2) is 55.2 Å². The summed E-state index contributed by atoms with van der Waals surface area (Å²) in [6, 6.07) is 4.67. The Balaban J connectivity index is 1.77. The second kappa shape index (κ2) is 9.78. The van der Waals surface area contributed by atoms with Crippen molar-refractivity contribution < 1.29 is 20.1 Å². The highest BCUT2D eigenvalue weighted by molar-refractivity contribution is 6.33. The summed E-state index contributed by atoms with van der Waals surface area (Å²) in [5, 5.41) is 32.3. The lowest BCUT2D eigenvalue weighted by atomic mass is 9.94. The Morgan fingerprint density at radius 2 is 1.90 bits per heavy atom. The summed E-state index contributed by atoms with van der Waals surface area (Å²) < 4.78 is 2.60. The molecule has 0 spiro atoms. The van der Waals surface area contributed by atoms with E-state index in [0.717, 1.165) is 25.7 Å². The van der Waals surface area contributed by atoms with Gasteiger partial charge in [-0.3, -0.25) is 13.9 Å². The van der Waals surface area contributed by atoms with Crippen molar-refractivity contribution in [3.63, 3.8) is 0 Å². The first-order chi connectivity index (χ1) is 14.3. The molecule has 164 valence electrons. The van der Waals surface area contributed by atoms with Crippen molar-refractivity contribution in [1.82, 2.24) is 14.5 Å². The van der Waals surface area contributed by atoms with Gasteiger partial charge in [-0.25, -0.2) is 4.79 Å². The highest BCUT2D eigenvalue weighted by Crippen LogP contribution is 2.27. The van der Waals surface area contributed by atoms with Gasteiger partial charge in [-0.1, -0.05) is 37.3 Å². The van der Waals surface area contributed by atoms with Crippen molar-refractivity contribution in [2.75, 3.05) is 13.2 Å². The molecule has 1 amide bonds. The van der Waals surface area contributed by atoms with Crippen molar-refractivity contribution in [2.24, 2.45) is 0 Å². The summed E-state index contributed by atoms with van der Waals surface area (Å²) in [5.74, 6) is -0.414. The van der Waals surface area contributed by atoms with Crippen LogP contribution in [-0.2, 0) is 6.54 Å². The lowest BCUT2D eigenvalue weighted by molar-refractivity contribution is 0.0246. The van der Waals surface area contributed by atoms with Crippen molar-refractivity contribution in [2.45, 2.75) is 56.8 Å². The fraction of sp³-hybridized carbons (Fsp3) is 0.524. The van der Waals surface area contributed by atoms with Crippen LogP contribution in [0.2, 0.25) is 5.02 Å². The number of amides is 1. The number of aromatic nitrogens is 2. The van der Waals surface area contributed by atoms with Crippen molar-refractivity contribution in [3.8, 4) is 5.69 Å². The third-order valence-electron chi connectivity index (χ3n) is 5.55. The lowest BCUT2D eigenvalue weighted by Crippen LogP contribution is -2.42. The number of aliphatic hydroxyl groups excluding tert-OH is 2. The Kier molecular flexibility index (Phi) is 7.36. The van der Waals surface area contributed by atoms with Gasteiger partial charge in [0, 0.05) is 18.9 Å². The summed E-state index contributed by atoms with van der Waals surface area (Å²) in [7, 11) is 0. The van der Waals surface area contributed by atoms with E-state index in [0.29, 0.717) is 18.5 Å². The van der Waals surface area contributed by atoms with Gasteiger partial charge in [-0.2, -0.15) is 0 Å². The highest BCUT2D eigenvalue weighted by Gasteiger charge is 2.28. The largest absolute Gasteiger partial charge is 0.394 e. The molecule has 1 saturated carbocycles. The number of hydrogen-bond acceptors (Lipinski definition) is 5. The molecule has 3 rings (SSSR count). The summed E-state index contributed by atoms with van der Waals surface area (Å²) in [6.07, 6.45) is 7.35. The summed E-state index contributed by atoms with van der Waals surface area (Å²) >= 11 is 6.22. The zero-order valence-electron chi connectivity index (χ0n) is 16.8. The third kappa shape index (κ3) is 5.31. The molecule has 30 heavy (non-hydrogen) atoms. The smallest absolute Gasteiger partial charge is 0.332 e. The van der Waals surface area contributed by atoms with Crippen LogP contribution in [0.25, 0.3) is 5.69 Å². The Bertz CT molecular complexity index is 931. The van der Waals surface area contributed by atoms with E-state index in [-0.39, 0.29) is 23.7 Å². The first-order valence-corrected chi connectivity index (χ1v) is 10.6. The van der Waals surface area contributed by atoms with Gasteiger partial charge in [0.25, 0.3) is 5.91 Å². The van der Waals surface area contributed by atoms with Crippen LogP contribution in [0, 0.1) is 0 Å². The molecule has 1 aromatic carbocycles. The molecule has 0 aliphatic heterocycles. The van der Waals surface area contributed by atoms with Crippen LogP contribution in [0.3, 0.4) is 0 Å². The van der Waals surface area contributed by atoms with Crippen LogP contribution in [0.5, 0.6) is 0 Å². The molecule has 0 saturated heterocycles. The van der Waals surface area contributed by atoms with Gasteiger partial charge < -0.3 is 20.6 Å². The lowest BCUT2D eigenvalue weighted by Gasteiger charge is -2.26. The maximum atomic E-state index is 12.7. The monoisotopic (exact) mass is 437 g/mol. The summed E-state index contributed by atoms with van der Waals surface area (Å²) in [5.41, 5.74) is -0.664. The van der Waals surface area contributed by atoms with E-state index in [1.165, 1.54) is 27.6 Å². The summed E-state index contributed by atoms with van der Waals surface area (Å²) in [4.78, 5) is 25.3. The van der Waals surface area contributed by atoms with Crippen LogP contribution in [0.1, 0.15) is 48.9 Å². The van der Waals surface area contributed by atoms with Crippen molar-refractivity contribution in [3.05, 3.63) is 51.7 Å². The molecule has 4 N–H and O–H groups in total. The molecular weight excluding hydrogens is 410 g/mol. The van der Waals surface area contributed by atoms with Gasteiger partial charge in [0.05, 0.1) is 41.1 Å². The zero-order valence-corrected chi connectivity index (χ0v) is 17.5. The first kappa shape index (κ1) is 22.6. The minimum Gasteiger partial charge on any atom is -0.394 e. The van der Waals surface area contributed by atoms with Gasteiger partial charge >= 0.3 is 5.69 Å². The molecule has 1 aliphatic carbocycles. The van der Waals surface area contributed by atoms with E-state index in [1.807, 2.05) is 0 Å². The fourth-order valence-electron chi connectivity index (χ4n) is 3.77. The molecule has 1 aromatic heterocycles. The van der Waals surface area contributed by atoms with E-state index >= 15 is 0 Å². The number of rotatable bonds is 7. The second-order valence-corrected chi connectivity index (χ2v) is 8.33. The number of imidazole rings is 1. The van der Waals surface area contributed by atoms with E-state index in [4.69, 9.17) is 16.7 Å². The van der Waals surface area contributed by atoms with E-state index in [2.05, 4.69) is 5.32 Å². The van der Waals surface area contributed by atoms with Crippen LogP contribution in [0.4, 0.5) is 0 Å². The SMILES string of the molecule is O=C(NCC1(O)CCCCCC1)c1cc(-n2ccn(CC(O)CO)c2=O)ccc1Cl. The number of aliphatic hydroxyl groups is 3. The van der Waals surface area contributed by atoms with Gasteiger partial charge in [-0.15, -0.1) is 0 Å². The van der Waals surface area contributed by atoms with Gasteiger partial charge in [0.2, 0.25) is 0 Å². The standard InChI is InChI=1S/C21H28ClN3O5/c22-18-6-5-15(25-10-9-24(20(25)29)12-16(27)13-26)11-17(18)19(28)23-14-21(30)7-3-1-2-4-8-21/h5-6,9-11,16,26-27,30H,1-4,7-8,12-14H2,(H,23,28). The van der Waals surface area contributed by atoms with Gasteiger partial charge in [-0.05, 0) is 31.0 Å². The van der Waals surface area contributed by atoms with Crippen LogP contribution >= 0.6 is 11.6 Å². The Labute approximate surface area is 179 Å². The second-order valence-electron chi connectivity index (χ2n) is 7.92. The minimum absolute atomic E-state index is 0.0398. The van der Waals surface area contributed by atoms with E-state index in [1.54, 1.807) is 12.1 Å². The first-order valence-electron chi connectivity index (χ1n) is 10.2. The molecule has 0 bridgehead atoms. The topological polar surface area (TPSA) is 117 Å². The predicted octanol–water partition coefficient (Wildman–Crippen LogP) is 1.46. The number of carbonyl (C=O) groups excluding carboxylic acids is 1. The predicted molar refractivity (Wildman–Crippen MR) is 113 cm³/mol. The Morgan fingerprint density at radius 1 is 1.20 bits per heavy atom. The van der Waals surface area contributed by atoms with E-state index in [9.17, 15) is 19.8 Å². The average molecular weight is 438 g/mol. The molecule has 8 nitrogen and oxygen atoms in total. The number of nitrogens with zero attached hydrogens (tertiary/aromatic N) is 2. The normalized spacial score (nSPS) is 17.3. The number of halogens is 1. The quantitative estimate of drug-likeness (QED) is 0.489. The molecule has 1 fully saturated rings. The molecule has 1 unspecified atom stereocenters. The third-order valence-corrected chi connectivity index (χ3v) is 5.88. The Morgan fingerprint density at radius 3 is 2.57 bits per heavy atom. The molecular formula is C21H28ClN3O5. The molecule has 2 aromatic rings. The van der Waals surface area contributed by atoms with Crippen molar-refractivity contribution >= 4 is 17.5 Å². The molecule has 0 radical (unpaired) electrons. The minimum atomic E-state index is -1.04. The average Bonchev–Trinajstić information content (AvgIpc) is 2.95. The van der Waals surface area contributed by atoms with Crippen molar-refractivity contribution in [1.29, 1.82) is 0 Å². The summed E-state index contributed by atoms with van der Waals surface area (Å²) in [6.45, 7) is -0.334. The van der Waals surface area contributed by atoms with E-state index < -0.39 is 29.9 Å². The molecule has 1 heterocycles. The van der Waals surface area contributed by atoms with Crippen LogP contribution < -0.4 is 11.0 Å². The number of benzene rings is 1.